The number of nitrogens with zero attached hydrogens (tertiary/aromatic N) is 1. The summed E-state index contributed by atoms with van der Waals surface area (Å²) in [5.74, 6) is -1.43. The van der Waals surface area contributed by atoms with E-state index in [2.05, 4.69) is 27.5 Å². The second kappa shape index (κ2) is 17.1. The number of aromatic nitrogens is 2. The van der Waals surface area contributed by atoms with Gasteiger partial charge in [0.1, 0.15) is 12.6 Å². The molecule has 2 atom stereocenters. The molecule has 0 aromatic carbocycles. The van der Waals surface area contributed by atoms with Gasteiger partial charge in [-0.25, -0.2) is 4.98 Å². The molecule has 1 heterocycles. The van der Waals surface area contributed by atoms with Gasteiger partial charge >= 0.3 is 5.97 Å². The molecule has 0 fully saturated rings. The van der Waals surface area contributed by atoms with Crippen molar-refractivity contribution in [2.24, 2.45) is 11.5 Å². The zero-order chi connectivity index (χ0) is 23.6. The first-order chi connectivity index (χ1) is 15.5. The summed E-state index contributed by atoms with van der Waals surface area (Å²) in [6.07, 6.45) is 11.8. The minimum atomic E-state index is -0.905. The monoisotopic (exact) mass is 452 g/mol. The first-order valence-electron chi connectivity index (χ1n) is 11.6. The van der Waals surface area contributed by atoms with Crippen molar-refractivity contribution in [2.75, 3.05) is 19.7 Å². The summed E-state index contributed by atoms with van der Waals surface area (Å²) in [4.78, 5) is 43.9. The molecule has 0 saturated heterocycles. The third-order valence-corrected chi connectivity index (χ3v) is 5.08. The standard InChI is InChI=1S/C22H40N6O4/c1-2-3-4-5-6-9-12-32-20(29)15-26-22(31)19(13-17-14-25-16-27-17)28-21(30)18(24)10-7-8-11-23/h14,16,18-19H,2-13,15,23-24H2,1H3,(H,25,27)(H,26,31)(H,28,30)/t18-,19-/m0/s1. The third-order valence-electron chi connectivity index (χ3n) is 5.08. The van der Waals surface area contributed by atoms with Gasteiger partial charge in [0.15, 0.2) is 0 Å². The van der Waals surface area contributed by atoms with E-state index in [1.807, 2.05) is 0 Å². The molecule has 0 spiro atoms. The number of carbonyl (C=O) groups is 3. The van der Waals surface area contributed by atoms with E-state index < -0.39 is 29.9 Å². The van der Waals surface area contributed by atoms with Crippen molar-refractivity contribution < 1.29 is 19.1 Å². The lowest BCUT2D eigenvalue weighted by Crippen LogP contribution is -2.53. The van der Waals surface area contributed by atoms with Gasteiger partial charge in [0.05, 0.1) is 24.7 Å². The van der Waals surface area contributed by atoms with E-state index in [9.17, 15) is 14.4 Å². The molecule has 0 radical (unpaired) electrons. The maximum absolute atomic E-state index is 12.6. The molecule has 10 heteroatoms. The Morgan fingerprint density at radius 2 is 1.84 bits per heavy atom. The van der Waals surface area contributed by atoms with Crippen molar-refractivity contribution in [2.45, 2.75) is 83.2 Å². The molecule has 0 bridgehead atoms. The van der Waals surface area contributed by atoms with Crippen LogP contribution in [0.3, 0.4) is 0 Å². The highest BCUT2D eigenvalue weighted by Gasteiger charge is 2.25. The van der Waals surface area contributed by atoms with Gasteiger partial charge in [-0.15, -0.1) is 0 Å². The number of unbranched alkanes of at least 4 members (excludes halogenated alkanes) is 6. The van der Waals surface area contributed by atoms with Crippen LogP contribution in [-0.4, -0.2) is 59.5 Å². The highest BCUT2D eigenvalue weighted by molar-refractivity contribution is 5.91. The van der Waals surface area contributed by atoms with Crippen LogP contribution in [0.4, 0.5) is 0 Å². The average molecular weight is 453 g/mol. The first kappa shape index (κ1) is 27.6. The number of esters is 1. The molecule has 0 aliphatic carbocycles. The molecule has 182 valence electrons. The Hall–Kier alpha value is -2.46. The highest BCUT2D eigenvalue weighted by Crippen LogP contribution is 2.05. The molecule has 32 heavy (non-hydrogen) atoms. The van der Waals surface area contributed by atoms with Gasteiger partial charge in [0.2, 0.25) is 11.8 Å². The fourth-order valence-corrected chi connectivity index (χ4v) is 3.14. The van der Waals surface area contributed by atoms with Crippen molar-refractivity contribution in [1.29, 1.82) is 0 Å². The topological polar surface area (TPSA) is 165 Å². The number of amides is 2. The van der Waals surface area contributed by atoms with E-state index in [0.717, 1.165) is 32.1 Å². The number of H-pyrrole nitrogens is 1. The molecule has 10 nitrogen and oxygen atoms in total. The second-order valence-corrected chi connectivity index (χ2v) is 7.92. The molecule has 2 amide bonds. The minimum Gasteiger partial charge on any atom is -0.464 e. The number of nitrogens with two attached hydrogens (primary N) is 2. The first-order valence-corrected chi connectivity index (χ1v) is 11.6. The Kier molecular flexibility index (Phi) is 14.8. The lowest BCUT2D eigenvalue weighted by molar-refractivity contribution is -0.144. The Bertz CT molecular complexity index is 653. The zero-order valence-corrected chi connectivity index (χ0v) is 19.2. The lowest BCUT2D eigenvalue weighted by Gasteiger charge is -2.20. The third kappa shape index (κ3) is 12.4. The number of hydrogen-bond donors (Lipinski definition) is 5. The van der Waals surface area contributed by atoms with Gasteiger partial charge in [-0.05, 0) is 25.8 Å². The van der Waals surface area contributed by atoms with Crippen LogP contribution >= 0.6 is 0 Å². The summed E-state index contributed by atoms with van der Waals surface area (Å²) in [5, 5.41) is 5.21. The zero-order valence-electron chi connectivity index (χ0n) is 19.2. The molecular formula is C22H40N6O4. The second-order valence-electron chi connectivity index (χ2n) is 7.92. The molecule has 1 rings (SSSR count). The largest absolute Gasteiger partial charge is 0.464 e. The van der Waals surface area contributed by atoms with E-state index in [4.69, 9.17) is 16.2 Å². The van der Waals surface area contributed by atoms with Crippen molar-refractivity contribution in [3.8, 4) is 0 Å². The lowest BCUT2D eigenvalue weighted by atomic mass is 10.1. The summed E-state index contributed by atoms with van der Waals surface area (Å²) < 4.78 is 5.17. The Balaban J connectivity index is 2.44. The van der Waals surface area contributed by atoms with Gasteiger partial charge in [-0.3, -0.25) is 14.4 Å². The number of carbonyl (C=O) groups excluding carboxylic acids is 3. The molecule has 0 aliphatic heterocycles. The molecule has 0 aliphatic rings. The van der Waals surface area contributed by atoms with Gasteiger partial charge < -0.3 is 31.8 Å². The Labute approximate surface area is 190 Å². The Morgan fingerprint density at radius 1 is 1.09 bits per heavy atom. The molecular weight excluding hydrogens is 412 g/mol. The number of imidazole rings is 1. The van der Waals surface area contributed by atoms with Crippen LogP contribution in [0, 0.1) is 0 Å². The SMILES string of the molecule is CCCCCCCCOC(=O)CNC(=O)[C@H](Cc1c[nH]cn1)NC(=O)[C@@H](N)CCCCN. The number of aromatic amines is 1. The molecule has 1 aromatic rings. The van der Waals surface area contributed by atoms with Crippen molar-refractivity contribution in [3.63, 3.8) is 0 Å². The minimum absolute atomic E-state index is 0.170. The summed E-state index contributed by atoms with van der Waals surface area (Å²) >= 11 is 0. The van der Waals surface area contributed by atoms with Crippen molar-refractivity contribution in [3.05, 3.63) is 18.2 Å². The predicted molar refractivity (Wildman–Crippen MR) is 122 cm³/mol. The van der Waals surface area contributed by atoms with Gasteiger partial charge in [0.25, 0.3) is 0 Å². The Morgan fingerprint density at radius 3 is 2.53 bits per heavy atom. The van der Waals surface area contributed by atoms with E-state index in [1.165, 1.54) is 25.6 Å². The van der Waals surface area contributed by atoms with Crippen LogP contribution < -0.4 is 22.1 Å². The summed E-state index contributed by atoms with van der Waals surface area (Å²) in [6.45, 7) is 2.78. The molecule has 1 aromatic heterocycles. The smallest absolute Gasteiger partial charge is 0.325 e. The molecule has 0 unspecified atom stereocenters. The molecule has 0 saturated carbocycles. The predicted octanol–water partition coefficient (Wildman–Crippen LogP) is 0.913. The van der Waals surface area contributed by atoms with Crippen LogP contribution in [0.5, 0.6) is 0 Å². The molecule has 7 N–H and O–H groups in total. The normalized spacial score (nSPS) is 12.7. The van der Waals surface area contributed by atoms with Gasteiger partial charge in [-0.2, -0.15) is 0 Å². The van der Waals surface area contributed by atoms with Crippen molar-refractivity contribution in [1.82, 2.24) is 20.6 Å². The fraction of sp³-hybridized carbons (Fsp3) is 0.727. The fourth-order valence-electron chi connectivity index (χ4n) is 3.14. The average Bonchev–Trinajstić information content (AvgIpc) is 3.29. The van der Waals surface area contributed by atoms with Gasteiger partial charge in [0, 0.05) is 12.6 Å². The van der Waals surface area contributed by atoms with Crippen LogP contribution in [0.15, 0.2) is 12.5 Å². The van der Waals surface area contributed by atoms with Crippen LogP contribution in [0.1, 0.15) is 70.4 Å². The van der Waals surface area contributed by atoms with E-state index in [0.29, 0.717) is 25.3 Å². The summed E-state index contributed by atoms with van der Waals surface area (Å²) in [6, 6.07) is -1.64. The highest BCUT2D eigenvalue weighted by atomic mass is 16.5. The number of nitrogens with one attached hydrogen (secondary N) is 3. The maximum atomic E-state index is 12.6. The number of ether oxygens (including phenoxy) is 1. The van der Waals surface area contributed by atoms with Crippen LogP contribution in [-0.2, 0) is 25.5 Å². The van der Waals surface area contributed by atoms with E-state index in [-0.39, 0.29) is 13.0 Å². The van der Waals surface area contributed by atoms with Gasteiger partial charge in [-0.1, -0.05) is 45.4 Å². The van der Waals surface area contributed by atoms with Crippen LogP contribution in [0.25, 0.3) is 0 Å². The van der Waals surface area contributed by atoms with Crippen molar-refractivity contribution >= 4 is 17.8 Å². The van der Waals surface area contributed by atoms with E-state index in [1.54, 1.807) is 6.20 Å². The number of rotatable bonds is 18. The van der Waals surface area contributed by atoms with Crippen LogP contribution in [0.2, 0.25) is 0 Å². The number of hydrogen-bond acceptors (Lipinski definition) is 7. The summed E-state index contributed by atoms with van der Waals surface area (Å²) in [7, 11) is 0. The maximum Gasteiger partial charge on any atom is 0.325 e. The van der Waals surface area contributed by atoms with E-state index >= 15 is 0 Å². The summed E-state index contributed by atoms with van der Waals surface area (Å²) in [5.41, 5.74) is 12.0. The quantitative estimate of drug-likeness (QED) is 0.163.